The summed E-state index contributed by atoms with van der Waals surface area (Å²) in [5, 5.41) is 13.6. The summed E-state index contributed by atoms with van der Waals surface area (Å²) in [6.07, 6.45) is 0.603. The molecule has 0 heterocycles. The molecule has 0 radical (unpaired) electrons. The van der Waals surface area contributed by atoms with E-state index < -0.39 is 28.1 Å². The van der Waals surface area contributed by atoms with Gasteiger partial charge in [0, 0.05) is 6.54 Å². The lowest BCUT2D eigenvalue weighted by atomic mass is 9.99. The zero-order valence-corrected chi connectivity index (χ0v) is 12.1. The van der Waals surface area contributed by atoms with Gasteiger partial charge in [0.1, 0.15) is 6.04 Å². The van der Waals surface area contributed by atoms with Crippen LogP contribution in [0.4, 0.5) is 4.79 Å². The van der Waals surface area contributed by atoms with Crippen LogP contribution in [0.15, 0.2) is 0 Å². The average Bonchev–Trinajstić information content (AvgIpc) is 2.34. The number of amides is 2. The second-order valence-electron chi connectivity index (χ2n) is 4.12. The number of sulfonamides is 1. The van der Waals surface area contributed by atoms with E-state index >= 15 is 0 Å². The van der Waals surface area contributed by atoms with Crippen LogP contribution in [0.3, 0.4) is 0 Å². The standard InChI is InChI=1S/C10H21N3O5S/c1-4-7(2)8(9(14)15)13-10(16)12-5-6-19(17,18)11-3/h7-8,11H,4-6H2,1-3H3,(H,14,15)(H2,12,13,16)/t7?,8-/m0/s1. The summed E-state index contributed by atoms with van der Waals surface area (Å²) < 4.78 is 24.3. The van der Waals surface area contributed by atoms with Crippen LogP contribution in [0.1, 0.15) is 20.3 Å². The van der Waals surface area contributed by atoms with Crippen molar-refractivity contribution < 1.29 is 23.1 Å². The zero-order valence-electron chi connectivity index (χ0n) is 11.3. The molecule has 8 nitrogen and oxygen atoms in total. The molecule has 0 aliphatic heterocycles. The zero-order chi connectivity index (χ0) is 15.1. The molecule has 0 rings (SSSR count). The van der Waals surface area contributed by atoms with Crippen LogP contribution in [0, 0.1) is 5.92 Å². The van der Waals surface area contributed by atoms with Crippen molar-refractivity contribution in [1.29, 1.82) is 0 Å². The predicted molar refractivity (Wildman–Crippen MR) is 70.3 cm³/mol. The van der Waals surface area contributed by atoms with Crippen molar-refractivity contribution >= 4 is 22.0 Å². The van der Waals surface area contributed by atoms with E-state index in [2.05, 4.69) is 15.4 Å². The molecule has 19 heavy (non-hydrogen) atoms. The number of carbonyl (C=O) groups is 2. The number of carboxylic acids is 1. The summed E-state index contributed by atoms with van der Waals surface area (Å²) in [5.74, 6) is -1.60. The number of aliphatic carboxylic acids is 1. The third-order valence-corrected chi connectivity index (χ3v) is 4.10. The molecule has 0 saturated heterocycles. The van der Waals surface area contributed by atoms with Crippen molar-refractivity contribution in [3.05, 3.63) is 0 Å². The third kappa shape index (κ3) is 6.97. The minimum absolute atomic E-state index is 0.0954. The quantitative estimate of drug-likeness (QED) is 0.473. The maximum absolute atomic E-state index is 11.5. The molecule has 0 spiro atoms. The Morgan fingerprint density at radius 2 is 1.89 bits per heavy atom. The van der Waals surface area contributed by atoms with Crippen molar-refractivity contribution in [2.75, 3.05) is 19.3 Å². The second kappa shape index (κ2) is 7.95. The van der Waals surface area contributed by atoms with Gasteiger partial charge in [-0.1, -0.05) is 20.3 Å². The minimum Gasteiger partial charge on any atom is -0.480 e. The van der Waals surface area contributed by atoms with Gasteiger partial charge in [-0.05, 0) is 13.0 Å². The molecule has 0 saturated carbocycles. The van der Waals surface area contributed by atoms with Crippen LogP contribution in [0.2, 0.25) is 0 Å². The summed E-state index contributed by atoms with van der Waals surface area (Å²) in [6.45, 7) is 3.44. The Morgan fingerprint density at radius 1 is 1.32 bits per heavy atom. The van der Waals surface area contributed by atoms with E-state index in [1.54, 1.807) is 6.92 Å². The smallest absolute Gasteiger partial charge is 0.326 e. The molecule has 0 aromatic heterocycles. The van der Waals surface area contributed by atoms with Gasteiger partial charge >= 0.3 is 12.0 Å². The minimum atomic E-state index is -3.39. The first-order valence-electron chi connectivity index (χ1n) is 5.91. The highest BCUT2D eigenvalue weighted by Crippen LogP contribution is 2.07. The average molecular weight is 295 g/mol. The lowest BCUT2D eigenvalue weighted by Gasteiger charge is -2.20. The maximum atomic E-state index is 11.5. The fraction of sp³-hybridized carbons (Fsp3) is 0.800. The molecule has 4 N–H and O–H groups in total. The van der Waals surface area contributed by atoms with Crippen LogP contribution in [-0.2, 0) is 14.8 Å². The molecule has 112 valence electrons. The molecular weight excluding hydrogens is 274 g/mol. The number of rotatable bonds is 8. The number of carbonyl (C=O) groups excluding carboxylic acids is 1. The van der Waals surface area contributed by atoms with Crippen LogP contribution in [0.25, 0.3) is 0 Å². The van der Waals surface area contributed by atoms with E-state index in [9.17, 15) is 18.0 Å². The Balaban J connectivity index is 4.26. The van der Waals surface area contributed by atoms with Gasteiger partial charge in [-0.3, -0.25) is 0 Å². The fourth-order valence-electron chi connectivity index (χ4n) is 1.28. The normalized spacial score (nSPS) is 14.5. The van der Waals surface area contributed by atoms with E-state index in [0.29, 0.717) is 6.42 Å². The van der Waals surface area contributed by atoms with E-state index in [1.165, 1.54) is 7.05 Å². The van der Waals surface area contributed by atoms with Crippen molar-refractivity contribution in [3.63, 3.8) is 0 Å². The topological polar surface area (TPSA) is 125 Å². The van der Waals surface area contributed by atoms with Gasteiger partial charge in [-0.15, -0.1) is 0 Å². The lowest BCUT2D eigenvalue weighted by Crippen LogP contribution is -2.50. The molecular formula is C10H21N3O5S. The van der Waals surface area contributed by atoms with Gasteiger partial charge in [0.05, 0.1) is 5.75 Å². The molecule has 2 atom stereocenters. The first kappa shape index (κ1) is 17.6. The highest BCUT2D eigenvalue weighted by molar-refractivity contribution is 7.89. The Morgan fingerprint density at radius 3 is 2.32 bits per heavy atom. The predicted octanol–water partition coefficient (Wildman–Crippen LogP) is -0.666. The van der Waals surface area contributed by atoms with Gasteiger partial charge < -0.3 is 15.7 Å². The summed E-state index contributed by atoms with van der Waals surface area (Å²) in [5.41, 5.74) is 0. The molecule has 1 unspecified atom stereocenters. The van der Waals surface area contributed by atoms with Crippen LogP contribution < -0.4 is 15.4 Å². The Labute approximate surface area is 113 Å². The SMILES string of the molecule is CCC(C)[C@H](NC(=O)NCCS(=O)(=O)NC)C(=O)O. The highest BCUT2D eigenvalue weighted by Gasteiger charge is 2.25. The number of urea groups is 1. The maximum Gasteiger partial charge on any atom is 0.326 e. The Bertz CT molecular complexity index is 409. The van der Waals surface area contributed by atoms with Gasteiger partial charge in [0.25, 0.3) is 0 Å². The molecule has 0 aliphatic rings. The number of hydrogen-bond donors (Lipinski definition) is 4. The molecule has 0 aliphatic carbocycles. The Hall–Kier alpha value is -1.35. The van der Waals surface area contributed by atoms with Crippen LogP contribution in [-0.4, -0.2) is 50.9 Å². The first-order chi connectivity index (χ1) is 8.73. The van der Waals surface area contributed by atoms with E-state index in [1.807, 2.05) is 6.92 Å². The molecule has 0 fully saturated rings. The van der Waals surface area contributed by atoms with Crippen molar-refractivity contribution in [2.45, 2.75) is 26.3 Å². The van der Waals surface area contributed by atoms with Gasteiger partial charge in [0.2, 0.25) is 10.0 Å². The number of nitrogens with one attached hydrogen (secondary N) is 3. The van der Waals surface area contributed by atoms with Crippen molar-refractivity contribution in [1.82, 2.24) is 15.4 Å². The monoisotopic (exact) mass is 295 g/mol. The molecule has 2 amide bonds. The second-order valence-corrected chi connectivity index (χ2v) is 6.17. The molecule has 9 heteroatoms. The summed E-state index contributed by atoms with van der Waals surface area (Å²) >= 11 is 0. The number of hydrogen-bond acceptors (Lipinski definition) is 4. The van der Waals surface area contributed by atoms with Gasteiger partial charge in [-0.2, -0.15) is 0 Å². The van der Waals surface area contributed by atoms with E-state index in [4.69, 9.17) is 5.11 Å². The first-order valence-corrected chi connectivity index (χ1v) is 7.57. The largest absolute Gasteiger partial charge is 0.480 e. The molecule has 0 bridgehead atoms. The lowest BCUT2D eigenvalue weighted by molar-refractivity contribution is -0.140. The Kier molecular flexibility index (Phi) is 7.38. The van der Waals surface area contributed by atoms with Crippen molar-refractivity contribution in [2.24, 2.45) is 5.92 Å². The van der Waals surface area contributed by atoms with Crippen LogP contribution in [0.5, 0.6) is 0 Å². The highest BCUT2D eigenvalue weighted by atomic mass is 32.2. The third-order valence-electron chi connectivity index (χ3n) is 2.73. The summed E-state index contributed by atoms with van der Waals surface area (Å²) in [6, 6.07) is -1.69. The van der Waals surface area contributed by atoms with Gasteiger partial charge in [-0.25, -0.2) is 22.7 Å². The van der Waals surface area contributed by atoms with Crippen molar-refractivity contribution in [3.8, 4) is 0 Å². The molecule has 0 aromatic carbocycles. The fourth-order valence-corrected chi connectivity index (χ4v) is 1.85. The number of carboxylic acid groups (broad SMARTS) is 1. The molecule has 0 aromatic rings. The van der Waals surface area contributed by atoms with Gasteiger partial charge in [0.15, 0.2) is 0 Å². The van der Waals surface area contributed by atoms with E-state index in [-0.39, 0.29) is 18.2 Å². The van der Waals surface area contributed by atoms with Crippen LogP contribution >= 0.6 is 0 Å². The summed E-state index contributed by atoms with van der Waals surface area (Å²) in [4.78, 5) is 22.4. The van der Waals surface area contributed by atoms with E-state index in [0.717, 1.165) is 0 Å². The summed E-state index contributed by atoms with van der Waals surface area (Å²) in [7, 11) is -2.11.